The molecule has 2 aromatic heterocycles. The summed E-state index contributed by atoms with van der Waals surface area (Å²) in [7, 11) is 0. The van der Waals surface area contributed by atoms with Crippen LogP contribution in [0.25, 0.3) is 104 Å². The number of aryl methyl sites for hydroxylation is 5. The van der Waals surface area contributed by atoms with Crippen LogP contribution in [0.4, 0.5) is 18.9 Å². The molecule has 0 radical (unpaired) electrons. The van der Waals surface area contributed by atoms with Gasteiger partial charge in [0.2, 0.25) is 0 Å². The lowest BCUT2D eigenvalue weighted by molar-refractivity contribution is -0.137. The monoisotopic (exact) mass is 875 g/mol. The number of alkyl halides is 3. The Balaban J connectivity index is 1.23. The van der Waals surface area contributed by atoms with Gasteiger partial charge in [-0.25, -0.2) is 4.85 Å². The molecule has 11 rings (SSSR count). The highest BCUT2D eigenvalue weighted by molar-refractivity contribution is 6.13. The second-order valence-electron chi connectivity index (χ2n) is 18.0. The van der Waals surface area contributed by atoms with Crippen LogP contribution in [0.3, 0.4) is 0 Å². The number of para-hydroxylation sites is 2. The number of rotatable bonds is 6. The van der Waals surface area contributed by atoms with Gasteiger partial charge >= 0.3 is 6.18 Å². The van der Waals surface area contributed by atoms with Crippen molar-refractivity contribution in [3.8, 4) is 55.9 Å². The molecule has 11 aromatic rings. The summed E-state index contributed by atoms with van der Waals surface area (Å²) in [5.41, 5.74) is 16.9. The third kappa shape index (κ3) is 7.06. The number of hydrogen-bond acceptors (Lipinski definition) is 0. The zero-order valence-corrected chi connectivity index (χ0v) is 37.7. The molecule has 67 heavy (non-hydrogen) atoms. The summed E-state index contributed by atoms with van der Waals surface area (Å²) in [6, 6.07) is 58.7. The maximum absolute atomic E-state index is 15.0. The molecule has 0 bridgehead atoms. The molecule has 0 aliphatic rings. The fourth-order valence-electron chi connectivity index (χ4n) is 10.5. The molecule has 0 N–H and O–H groups in total. The topological polar surface area (TPSA) is 14.2 Å². The van der Waals surface area contributed by atoms with Crippen molar-refractivity contribution in [3.63, 3.8) is 0 Å². The Morgan fingerprint density at radius 1 is 0.403 bits per heavy atom. The van der Waals surface area contributed by atoms with Gasteiger partial charge in [-0.2, -0.15) is 13.2 Å². The average Bonchev–Trinajstić information content (AvgIpc) is 3.82. The van der Waals surface area contributed by atoms with Gasteiger partial charge in [0.05, 0.1) is 39.9 Å². The fourth-order valence-corrected chi connectivity index (χ4v) is 10.5. The molecule has 0 amide bonds. The van der Waals surface area contributed by atoms with Crippen molar-refractivity contribution < 1.29 is 13.2 Å². The minimum atomic E-state index is -4.58. The van der Waals surface area contributed by atoms with Crippen molar-refractivity contribution in [2.45, 2.75) is 40.8 Å². The molecule has 0 saturated heterocycles. The summed E-state index contributed by atoms with van der Waals surface area (Å²) < 4.78 is 49.3. The van der Waals surface area contributed by atoms with E-state index in [2.05, 4.69) is 139 Å². The van der Waals surface area contributed by atoms with Gasteiger partial charge < -0.3 is 9.13 Å². The van der Waals surface area contributed by atoms with Crippen LogP contribution >= 0.6 is 0 Å². The molecule has 3 nitrogen and oxygen atoms in total. The zero-order valence-electron chi connectivity index (χ0n) is 37.7. The van der Waals surface area contributed by atoms with Crippen molar-refractivity contribution >= 4 is 49.3 Å². The van der Waals surface area contributed by atoms with E-state index in [9.17, 15) is 13.2 Å². The Morgan fingerprint density at radius 3 is 1.45 bits per heavy atom. The van der Waals surface area contributed by atoms with E-state index in [-0.39, 0.29) is 5.56 Å². The Labute approximate surface area is 387 Å². The molecule has 0 saturated carbocycles. The summed E-state index contributed by atoms with van der Waals surface area (Å²) >= 11 is 0. The van der Waals surface area contributed by atoms with E-state index in [1.165, 1.54) is 28.3 Å². The number of nitrogens with zero attached hydrogens (tertiary/aromatic N) is 3. The zero-order chi connectivity index (χ0) is 46.3. The van der Waals surface area contributed by atoms with Gasteiger partial charge in [0.25, 0.3) is 0 Å². The first-order valence-electron chi connectivity index (χ1n) is 22.4. The first-order chi connectivity index (χ1) is 32.3. The van der Waals surface area contributed by atoms with Crippen LogP contribution < -0.4 is 0 Å². The Bertz CT molecular complexity index is 3830. The van der Waals surface area contributed by atoms with Gasteiger partial charge in [0, 0.05) is 38.4 Å². The SMILES string of the molecule is [C-]#[N+]c1ccc(-c2cc(-c3c(C)cccc3C(F)(F)F)ccc2-n2c3ccccc3c3cc(-c4cc(C)cc(C)c4)ccc32)c(-n2c3ccccc3c3cc(-c4cc(C)cc(C)c4)ccc32)c1. The van der Waals surface area contributed by atoms with Crippen LogP contribution in [0, 0.1) is 41.2 Å². The van der Waals surface area contributed by atoms with Crippen LogP contribution in [0.5, 0.6) is 0 Å². The number of halogens is 3. The molecule has 0 aliphatic carbocycles. The van der Waals surface area contributed by atoms with E-state index in [1.54, 1.807) is 13.0 Å². The largest absolute Gasteiger partial charge is 0.417 e. The summed E-state index contributed by atoms with van der Waals surface area (Å²) in [6.07, 6.45) is -4.58. The van der Waals surface area contributed by atoms with Crippen LogP contribution in [0.2, 0.25) is 0 Å². The van der Waals surface area contributed by atoms with Crippen LogP contribution in [0.15, 0.2) is 176 Å². The third-order valence-electron chi connectivity index (χ3n) is 13.2. The van der Waals surface area contributed by atoms with Crippen molar-refractivity contribution in [3.05, 3.63) is 221 Å². The summed E-state index contributed by atoms with van der Waals surface area (Å²) in [4.78, 5) is 3.93. The number of fused-ring (bicyclic) bond motifs is 6. The van der Waals surface area contributed by atoms with E-state index in [4.69, 9.17) is 6.57 Å². The molecule has 6 heteroatoms. The number of aromatic nitrogens is 2. The Kier molecular flexibility index (Phi) is 9.79. The van der Waals surface area contributed by atoms with Gasteiger partial charge in [-0.1, -0.05) is 138 Å². The third-order valence-corrected chi connectivity index (χ3v) is 13.2. The molecule has 9 aromatic carbocycles. The smallest absolute Gasteiger partial charge is 0.310 e. The van der Waals surface area contributed by atoms with Crippen molar-refractivity contribution in [2.75, 3.05) is 0 Å². The highest BCUT2D eigenvalue weighted by Crippen LogP contribution is 2.46. The second kappa shape index (κ2) is 15.8. The maximum Gasteiger partial charge on any atom is 0.417 e. The second-order valence-corrected chi connectivity index (χ2v) is 18.0. The lowest BCUT2D eigenvalue weighted by Crippen LogP contribution is -2.08. The quantitative estimate of drug-likeness (QED) is 0.148. The van der Waals surface area contributed by atoms with Gasteiger partial charge in [-0.3, -0.25) is 0 Å². The minimum Gasteiger partial charge on any atom is -0.310 e. The summed E-state index contributed by atoms with van der Waals surface area (Å²) in [5, 5.41) is 4.22. The average molecular weight is 876 g/mol. The Hall–Kier alpha value is -8.14. The molecule has 324 valence electrons. The minimum absolute atomic E-state index is 0.137. The van der Waals surface area contributed by atoms with Crippen LogP contribution in [0.1, 0.15) is 33.4 Å². The van der Waals surface area contributed by atoms with E-state index in [0.717, 1.165) is 94.4 Å². The van der Waals surface area contributed by atoms with E-state index in [0.29, 0.717) is 16.8 Å². The molecular formula is C61H44F3N3. The molecule has 0 aliphatic heterocycles. The lowest BCUT2D eigenvalue weighted by atomic mass is 9.91. The Morgan fingerprint density at radius 2 is 0.910 bits per heavy atom. The van der Waals surface area contributed by atoms with Gasteiger partial charge in [0.15, 0.2) is 5.69 Å². The predicted octanol–water partition coefficient (Wildman–Crippen LogP) is 17.7. The standard InChI is InChI=1S/C61H44F3N3/c1-36-26-37(2)29-44(28-36)41-18-23-56-50(32-41)47-13-7-9-16-54(47)66(56)57-25-20-43(60-40(5)12-11-15-53(60)61(62,63)64)34-52(57)49-22-21-46(65-6)35-59(49)67-55-17-10-8-14-48(55)51-33-42(19-24-58(51)67)45-30-38(3)27-39(4)31-45/h7-35H,1-5H3. The lowest BCUT2D eigenvalue weighted by Gasteiger charge is -2.21. The molecular weight excluding hydrogens is 832 g/mol. The molecule has 0 unspecified atom stereocenters. The summed E-state index contributed by atoms with van der Waals surface area (Å²) in [6.45, 7) is 18.4. The highest BCUT2D eigenvalue weighted by atomic mass is 19.4. The fraction of sp³-hybridized carbons (Fsp3) is 0.0984. The van der Waals surface area contributed by atoms with E-state index < -0.39 is 11.7 Å². The molecule has 0 spiro atoms. The molecule has 0 fully saturated rings. The maximum atomic E-state index is 15.0. The highest BCUT2D eigenvalue weighted by Gasteiger charge is 2.34. The molecule has 0 atom stereocenters. The van der Waals surface area contributed by atoms with Crippen LogP contribution in [-0.4, -0.2) is 9.13 Å². The normalized spacial score (nSPS) is 11.9. The first kappa shape index (κ1) is 41.6. The van der Waals surface area contributed by atoms with Crippen molar-refractivity contribution in [1.29, 1.82) is 0 Å². The van der Waals surface area contributed by atoms with Crippen molar-refractivity contribution in [1.82, 2.24) is 9.13 Å². The van der Waals surface area contributed by atoms with E-state index in [1.807, 2.05) is 60.7 Å². The summed E-state index contributed by atoms with van der Waals surface area (Å²) in [5.74, 6) is 0. The first-order valence-corrected chi connectivity index (χ1v) is 22.4. The van der Waals surface area contributed by atoms with Crippen molar-refractivity contribution in [2.24, 2.45) is 0 Å². The van der Waals surface area contributed by atoms with Crippen LogP contribution in [-0.2, 0) is 6.18 Å². The van der Waals surface area contributed by atoms with Gasteiger partial charge in [0.1, 0.15) is 0 Å². The predicted molar refractivity (Wildman–Crippen MR) is 272 cm³/mol. The van der Waals surface area contributed by atoms with Gasteiger partial charge in [-0.15, -0.1) is 0 Å². The number of hydrogen-bond donors (Lipinski definition) is 0. The van der Waals surface area contributed by atoms with E-state index >= 15 is 0 Å². The number of benzene rings is 9. The molecule has 2 heterocycles. The van der Waals surface area contributed by atoms with Gasteiger partial charge in [-0.05, 0) is 134 Å².